The molecule has 1 aliphatic rings. The molecule has 32 heavy (non-hydrogen) atoms. The largest absolute Gasteiger partial charge is 0.488 e. The van der Waals surface area contributed by atoms with Gasteiger partial charge in [-0.15, -0.1) is 0 Å². The quantitative estimate of drug-likeness (QED) is 0.262. The fourth-order valence-corrected chi connectivity index (χ4v) is 3.89. The molecular formula is C24H17F2IN2O3. The van der Waals surface area contributed by atoms with E-state index in [1.807, 2.05) is 0 Å². The number of hydrogen-bond donors (Lipinski definition) is 1. The fraction of sp³-hybridized carbons (Fsp3) is 0.0833. The van der Waals surface area contributed by atoms with E-state index in [0.29, 0.717) is 16.9 Å². The molecule has 8 heteroatoms. The molecule has 1 saturated heterocycles. The zero-order valence-electron chi connectivity index (χ0n) is 16.6. The number of nitrogens with zero attached hydrogens (tertiary/aromatic N) is 1. The smallest absolute Gasteiger partial charge is 0.329 e. The summed E-state index contributed by atoms with van der Waals surface area (Å²) in [4.78, 5) is 25.9. The van der Waals surface area contributed by atoms with Crippen molar-refractivity contribution >= 4 is 40.6 Å². The van der Waals surface area contributed by atoms with Crippen LogP contribution in [0.2, 0.25) is 0 Å². The number of rotatable bonds is 6. The highest BCUT2D eigenvalue weighted by molar-refractivity contribution is 14.1. The molecule has 0 unspecified atom stereocenters. The second kappa shape index (κ2) is 9.47. The Kier molecular flexibility index (Phi) is 6.50. The Labute approximate surface area is 196 Å². The van der Waals surface area contributed by atoms with Gasteiger partial charge in [-0.1, -0.05) is 36.4 Å². The van der Waals surface area contributed by atoms with E-state index >= 15 is 0 Å². The van der Waals surface area contributed by atoms with Crippen LogP contribution in [0, 0.1) is 15.2 Å². The number of benzene rings is 3. The van der Waals surface area contributed by atoms with Crippen molar-refractivity contribution in [2.24, 2.45) is 0 Å². The Balaban J connectivity index is 1.46. The first-order valence-electron chi connectivity index (χ1n) is 9.65. The van der Waals surface area contributed by atoms with Crippen LogP contribution in [0.15, 0.2) is 72.4 Å². The van der Waals surface area contributed by atoms with Crippen LogP contribution in [0.4, 0.5) is 13.6 Å². The molecule has 1 fully saturated rings. The van der Waals surface area contributed by atoms with Gasteiger partial charge in [-0.3, -0.25) is 9.69 Å². The number of carbonyl (C=O) groups excluding carboxylic acids is 2. The van der Waals surface area contributed by atoms with Gasteiger partial charge >= 0.3 is 6.03 Å². The lowest BCUT2D eigenvalue weighted by Crippen LogP contribution is -2.30. The van der Waals surface area contributed by atoms with Crippen molar-refractivity contribution in [3.8, 4) is 5.75 Å². The monoisotopic (exact) mass is 546 g/mol. The lowest BCUT2D eigenvalue weighted by atomic mass is 10.1. The van der Waals surface area contributed by atoms with Crippen LogP contribution in [0.5, 0.6) is 5.75 Å². The van der Waals surface area contributed by atoms with Crippen LogP contribution in [-0.4, -0.2) is 16.8 Å². The molecule has 0 spiro atoms. The molecule has 4 rings (SSSR count). The lowest BCUT2D eigenvalue weighted by molar-refractivity contribution is -0.123. The third-order valence-corrected chi connectivity index (χ3v) is 5.64. The molecule has 162 valence electrons. The predicted octanol–water partition coefficient (Wildman–Crippen LogP) is 5.24. The second-order valence-electron chi connectivity index (χ2n) is 7.08. The molecule has 3 aromatic carbocycles. The molecular weight excluding hydrogens is 529 g/mol. The van der Waals surface area contributed by atoms with Crippen molar-refractivity contribution in [2.75, 3.05) is 0 Å². The molecule has 1 aliphatic heterocycles. The minimum atomic E-state index is -0.603. The van der Waals surface area contributed by atoms with Gasteiger partial charge in [0.1, 0.15) is 29.7 Å². The summed E-state index contributed by atoms with van der Waals surface area (Å²) >= 11 is 2.10. The number of nitrogens with one attached hydrogen (secondary N) is 1. The van der Waals surface area contributed by atoms with Crippen molar-refractivity contribution in [1.29, 1.82) is 0 Å². The summed E-state index contributed by atoms with van der Waals surface area (Å²) in [5.41, 5.74) is 1.76. The maximum atomic E-state index is 13.9. The van der Waals surface area contributed by atoms with Crippen molar-refractivity contribution < 1.29 is 23.1 Å². The van der Waals surface area contributed by atoms with Crippen LogP contribution in [0.1, 0.15) is 16.7 Å². The average Bonchev–Trinajstić information content (AvgIpc) is 3.02. The van der Waals surface area contributed by atoms with Gasteiger partial charge in [0.15, 0.2) is 0 Å². The van der Waals surface area contributed by atoms with Gasteiger partial charge in [0.05, 0.1) is 10.1 Å². The fourth-order valence-electron chi connectivity index (χ4n) is 3.19. The first kappa shape index (κ1) is 21.9. The minimum absolute atomic E-state index is 0.107. The number of halogens is 3. The predicted molar refractivity (Wildman–Crippen MR) is 123 cm³/mol. The zero-order chi connectivity index (χ0) is 22.7. The highest BCUT2D eigenvalue weighted by Gasteiger charge is 2.34. The van der Waals surface area contributed by atoms with Crippen LogP contribution in [0.25, 0.3) is 6.08 Å². The molecule has 0 radical (unpaired) electrons. The van der Waals surface area contributed by atoms with Crippen LogP contribution < -0.4 is 10.1 Å². The molecule has 1 heterocycles. The first-order valence-corrected chi connectivity index (χ1v) is 10.7. The summed E-state index contributed by atoms with van der Waals surface area (Å²) in [6, 6.07) is 16.9. The SMILES string of the molecule is O=C1N/C(=C/c2ccc(OCc3cccc(F)c3)c(I)c2)C(=O)N1Cc1ccccc1F. The van der Waals surface area contributed by atoms with Gasteiger partial charge in [-0.2, -0.15) is 0 Å². The van der Waals surface area contributed by atoms with E-state index in [-0.39, 0.29) is 30.2 Å². The van der Waals surface area contributed by atoms with E-state index in [1.165, 1.54) is 24.3 Å². The van der Waals surface area contributed by atoms with E-state index in [2.05, 4.69) is 27.9 Å². The summed E-state index contributed by atoms with van der Waals surface area (Å²) in [5.74, 6) is -0.719. The summed E-state index contributed by atoms with van der Waals surface area (Å²) in [6.07, 6.45) is 1.56. The molecule has 5 nitrogen and oxygen atoms in total. The van der Waals surface area contributed by atoms with Crippen LogP contribution in [0.3, 0.4) is 0 Å². The van der Waals surface area contributed by atoms with Crippen LogP contribution >= 0.6 is 22.6 Å². The summed E-state index contributed by atoms with van der Waals surface area (Å²) in [7, 11) is 0. The van der Waals surface area contributed by atoms with Crippen molar-refractivity contribution in [1.82, 2.24) is 10.2 Å². The highest BCUT2D eigenvalue weighted by Crippen LogP contribution is 2.25. The van der Waals surface area contributed by atoms with Crippen LogP contribution in [-0.2, 0) is 17.9 Å². The van der Waals surface area contributed by atoms with Crippen molar-refractivity contribution in [2.45, 2.75) is 13.2 Å². The van der Waals surface area contributed by atoms with Gasteiger partial charge < -0.3 is 10.1 Å². The van der Waals surface area contributed by atoms with Gasteiger partial charge in [-0.25, -0.2) is 13.6 Å². The Morgan fingerprint density at radius 2 is 1.81 bits per heavy atom. The van der Waals surface area contributed by atoms with E-state index in [1.54, 1.807) is 48.5 Å². The highest BCUT2D eigenvalue weighted by atomic mass is 127. The molecule has 3 amide bonds. The second-order valence-corrected chi connectivity index (χ2v) is 8.24. The van der Waals surface area contributed by atoms with Gasteiger partial charge in [0.2, 0.25) is 0 Å². The third-order valence-electron chi connectivity index (χ3n) is 4.80. The number of ether oxygens (including phenoxy) is 1. The Morgan fingerprint density at radius 3 is 2.56 bits per heavy atom. The minimum Gasteiger partial charge on any atom is -0.488 e. The Morgan fingerprint density at radius 1 is 1.00 bits per heavy atom. The van der Waals surface area contributed by atoms with Gasteiger partial charge in [0, 0.05) is 5.56 Å². The molecule has 3 aromatic rings. The van der Waals surface area contributed by atoms with Gasteiger partial charge in [-0.05, 0) is 70.1 Å². The van der Waals surface area contributed by atoms with E-state index in [0.717, 1.165) is 8.47 Å². The number of urea groups is 1. The molecule has 0 saturated carbocycles. The summed E-state index contributed by atoms with van der Waals surface area (Å²) in [6.45, 7) is 0.0623. The maximum Gasteiger partial charge on any atom is 0.329 e. The molecule has 0 aliphatic carbocycles. The molecule has 0 atom stereocenters. The Bertz CT molecular complexity index is 1230. The normalized spacial score (nSPS) is 14.7. The standard InChI is InChI=1S/C24H17F2IN2O3/c25-18-6-3-4-16(10-18)14-32-22-9-8-15(11-20(22)27)12-21-23(30)29(24(31)28-21)13-17-5-1-2-7-19(17)26/h1-12H,13-14H2,(H,28,31)/b21-12+. The number of hydrogen-bond acceptors (Lipinski definition) is 3. The maximum absolute atomic E-state index is 13.9. The number of amides is 3. The molecule has 0 bridgehead atoms. The topological polar surface area (TPSA) is 58.6 Å². The lowest BCUT2D eigenvalue weighted by Gasteiger charge is -2.12. The summed E-state index contributed by atoms with van der Waals surface area (Å²) in [5, 5.41) is 2.53. The molecule has 1 N–H and O–H groups in total. The van der Waals surface area contributed by atoms with Gasteiger partial charge in [0.25, 0.3) is 5.91 Å². The van der Waals surface area contributed by atoms with E-state index < -0.39 is 17.8 Å². The Hall–Kier alpha value is -3.27. The number of imide groups is 1. The first-order chi connectivity index (χ1) is 15.4. The van der Waals surface area contributed by atoms with Crippen molar-refractivity contribution in [3.05, 3.63) is 104 Å². The third kappa shape index (κ3) is 4.96. The summed E-state index contributed by atoms with van der Waals surface area (Å²) < 4.78 is 33.7. The number of carbonyl (C=O) groups is 2. The zero-order valence-corrected chi connectivity index (χ0v) is 18.8. The van der Waals surface area contributed by atoms with E-state index in [9.17, 15) is 18.4 Å². The van der Waals surface area contributed by atoms with E-state index in [4.69, 9.17) is 4.74 Å². The average molecular weight is 546 g/mol. The van der Waals surface area contributed by atoms with Crippen molar-refractivity contribution in [3.63, 3.8) is 0 Å². The molecule has 0 aromatic heterocycles.